The van der Waals surface area contributed by atoms with Crippen molar-refractivity contribution in [3.05, 3.63) is 75.0 Å². The van der Waals surface area contributed by atoms with E-state index in [-0.39, 0.29) is 5.69 Å². The lowest BCUT2D eigenvalue weighted by atomic mass is 10.0. The molecule has 0 atom stereocenters. The standard InChI is InChI=1S/C19H17N3O4/c1-11-4-7-14(8-5-11)18-17(13(3)21-26-18)19(23)20-16-10-15(22(24)25)9-6-12(16)2/h4-10H,1-3H3,(H,20,23). The highest BCUT2D eigenvalue weighted by molar-refractivity contribution is 6.09. The summed E-state index contributed by atoms with van der Waals surface area (Å²) in [6.07, 6.45) is 0. The van der Waals surface area contributed by atoms with E-state index in [9.17, 15) is 14.9 Å². The Bertz CT molecular complexity index is 991. The highest BCUT2D eigenvalue weighted by Crippen LogP contribution is 2.28. The zero-order valence-corrected chi connectivity index (χ0v) is 14.6. The molecule has 0 aliphatic carbocycles. The Morgan fingerprint density at radius 1 is 1.12 bits per heavy atom. The van der Waals surface area contributed by atoms with Crippen LogP contribution in [0.25, 0.3) is 11.3 Å². The Morgan fingerprint density at radius 3 is 2.46 bits per heavy atom. The van der Waals surface area contributed by atoms with Gasteiger partial charge in [-0.15, -0.1) is 0 Å². The first-order chi connectivity index (χ1) is 12.4. The van der Waals surface area contributed by atoms with E-state index < -0.39 is 10.8 Å². The predicted molar refractivity (Wildman–Crippen MR) is 97.2 cm³/mol. The molecule has 0 saturated carbocycles. The van der Waals surface area contributed by atoms with E-state index in [1.807, 2.05) is 31.2 Å². The molecule has 7 heteroatoms. The van der Waals surface area contributed by atoms with E-state index in [2.05, 4.69) is 10.5 Å². The maximum Gasteiger partial charge on any atom is 0.271 e. The van der Waals surface area contributed by atoms with Crippen LogP contribution in [0.5, 0.6) is 0 Å². The summed E-state index contributed by atoms with van der Waals surface area (Å²) in [6, 6.07) is 11.9. The number of carbonyl (C=O) groups is 1. The lowest BCUT2D eigenvalue weighted by Crippen LogP contribution is -2.14. The van der Waals surface area contributed by atoms with Crippen LogP contribution in [0.15, 0.2) is 47.0 Å². The van der Waals surface area contributed by atoms with Gasteiger partial charge >= 0.3 is 0 Å². The Hall–Kier alpha value is -3.48. The van der Waals surface area contributed by atoms with Crippen molar-refractivity contribution in [3.8, 4) is 11.3 Å². The molecule has 0 aliphatic rings. The zero-order chi connectivity index (χ0) is 18.8. The third kappa shape index (κ3) is 3.32. The van der Waals surface area contributed by atoms with Gasteiger partial charge in [-0.2, -0.15) is 0 Å². The van der Waals surface area contributed by atoms with E-state index in [0.29, 0.717) is 22.7 Å². The molecule has 0 saturated heterocycles. The summed E-state index contributed by atoms with van der Waals surface area (Å²) in [6.45, 7) is 5.41. The van der Waals surface area contributed by atoms with E-state index in [1.165, 1.54) is 12.1 Å². The van der Waals surface area contributed by atoms with Crippen molar-refractivity contribution >= 4 is 17.3 Å². The molecule has 0 fully saturated rings. The fraction of sp³-hybridized carbons (Fsp3) is 0.158. The summed E-state index contributed by atoms with van der Waals surface area (Å²) in [5, 5.41) is 17.6. The summed E-state index contributed by atoms with van der Waals surface area (Å²) in [5.74, 6) is -0.0639. The Kier molecular flexibility index (Phi) is 4.53. The maximum atomic E-state index is 12.8. The Labute approximate surface area is 149 Å². The number of nitrogens with one attached hydrogen (secondary N) is 1. The van der Waals surface area contributed by atoms with E-state index in [1.54, 1.807) is 19.9 Å². The van der Waals surface area contributed by atoms with Gasteiger partial charge in [-0.3, -0.25) is 14.9 Å². The molecular weight excluding hydrogens is 334 g/mol. The molecule has 26 heavy (non-hydrogen) atoms. The fourth-order valence-corrected chi connectivity index (χ4v) is 2.58. The number of amides is 1. The van der Waals surface area contributed by atoms with Gasteiger partial charge in [-0.25, -0.2) is 0 Å². The summed E-state index contributed by atoms with van der Waals surface area (Å²) in [4.78, 5) is 23.3. The molecule has 3 aromatic rings. The van der Waals surface area contributed by atoms with Gasteiger partial charge in [-0.05, 0) is 26.3 Å². The number of carbonyl (C=O) groups excluding carboxylic acids is 1. The van der Waals surface area contributed by atoms with Crippen molar-refractivity contribution in [1.29, 1.82) is 0 Å². The molecule has 132 valence electrons. The molecule has 7 nitrogen and oxygen atoms in total. The summed E-state index contributed by atoms with van der Waals surface area (Å²) in [7, 11) is 0. The van der Waals surface area contributed by atoms with Gasteiger partial charge in [0.15, 0.2) is 5.76 Å². The van der Waals surface area contributed by atoms with Crippen LogP contribution in [-0.4, -0.2) is 16.0 Å². The minimum absolute atomic E-state index is 0.0910. The second kappa shape index (κ2) is 6.79. The average molecular weight is 351 g/mol. The van der Waals surface area contributed by atoms with E-state index in [4.69, 9.17) is 4.52 Å². The van der Waals surface area contributed by atoms with E-state index >= 15 is 0 Å². The molecule has 3 rings (SSSR count). The fourth-order valence-electron chi connectivity index (χ4n) is 2.58. The summed E-state index contributed by atoms with van der Waals surface area (Å²) >= 11 is 0. The number of benzene rings is 2. The highest BCUT2D eigenvalue weighted by Gasteiger charge is 2.23. The third-order valence-corrected chi connectivity index (χ3v) is 4.08. The first-order valence-corrected chi connectivity index (χ1v) is 7.96. The molecule has 1 aromatic heterocycles. The first kappa shape index (κ1) is 17.3. The molecule has 0 unspecified atom stereocenters. The quantitative estimate of drug-likeness (QED) is 0.554. The number of hydrogen-bond donors (Lipinski definition) is 1. The third-order valence-electron chi connectivity index (χ3n) is 4.08. The summed E-state index contributed by atoms with van der Waals surface area (Å²) in [5.41, 5.74) is 3.57. The molecule has 1 N–H and O–H groups in total. The number of rotatable bonds is 4. The van der Waals surface area contributed by atoms with Gasteiger partial charge in [-0.1, -0.05) is 41.1 Å². The number of nitro benzene ring substituents is 1. The number of hydrogen-bond acceptors (Lipinski definition) is 5. The maximum absolute atomic E-state index is 12.8. The monoisotopic (exact) mass is 351 g/mol. The van der Waals surface area contributed by atoms with Gasteiger partial charge in [0.05, 0.1) is 16.3 Å². The molecule has 0 spiro atoms. The largest absolute Gasteiger partial charge is 0.355 e. The van der Waals surface area contributed by atoms with Crippen LogP contribution >= 0.6 is 0 Å². The SMILES string of the molecule is Cc1ccc(-c2onc(C)c2C(=O)Nc2cc([N+](=O)[O-])ccc2C)cc1. The van der Waals surface area contributed by atoms with Crippen molar-refractivity contribution in [3.63, 3.8) is 0 Å². The van der Waals surface area contributed by atoms with Crippen molar-refractivity contribution in [2.75, 3.05) is 5.32 Å². The molecule has 0 bridgehead atoms. The van der Waals surface area contributed by atoms with Gasteiger partial charge in [0.25, 0.3) is 11.6 Å². The normalized spacial score (nSPS) is 10.6. The summed E-state index contributed by atoms with van der Waals surface area (Å²) < 4.78 is 5.35. The Balaban J connectivity index is 1.97. The predicted octanol–water partition coefficient (Wildman–Crippen LogP) is 4.43. The van der Waals surface area contributed by atoms with Crippen molar-refractivity contribution in [1.82, 2.24) is 5.16 Å². The molecule has 0 aliphatic heterocycles. The van der Waals surface area contributed by atoms with Crippen molar-refractivity contribution in [2.24, 2.45) is 0 Å². The topological polar surface area (TPSA) is 98.3 Å². The number of aromatic nitrogens is 1. The molecular formula is C19H17N3O4. The van der Waals surface area contributed by atoms with Gasteiger partial charge in [0.1, 0.15) is 5.56 Å². The van der Waals surface area contributed by atoms with Crippen LogP contribution in [0.4, 0.5) is 11.4 Å². The zero-order valence-electron chi connectivity index (χ0n) is 14.6. The molecule has 0 radical (unpaired) electrons. The Morgan fingerprint density at radius 2 is 1.81 bits per heavy atom. The molecule has 1 amide bonds. The number of aryl methyl sites for hydroxylation is 3. The van der Waals surface area contributed by atoms with E-state index in [0.717, 1.165) is 16.7 Å². The minimum Gasteiger partial charge on any atom is -0.355 e. The molecule has 2 aromatic carbocycles. The molecule has 1 heterocycles. The second-order valence-corrected chi connectivity index (χ2v) is 6.05. The van der Waals surface area contributed by atoms with Crippen LogP contribution in [0.3, 0.4) is 0 Å². The van der Waals surface area contributed by atoms with Crippen LogP contribution in [-0.2, 0) is 0 Å². The average Bonchev–Trinajstić information content (AvgIpc) is 2.99. The lowest BCUT2D eigenvalue weighted by Gasteiger charge is -2.09. The van der Waals surface area contributed by atoms with Crippen LogP contribution in [0.2, 0.25) is 0 Å². The number of non-ortho nitro benzene ring substituents is 1. The van der Waals surface area contributed by atoms with Gasteiger partial charge < -0.3 is 9.84 Å². The lowest BCUT2D eigenvalue weighted by molar-refractivity contribution is -0.384. The minimum atomic E-state index is -0.502. The smallest absolute Gasteiger partial charge is 0.271 e. The van der Waals surface area contributed by atoms with Gasteiger partial charge in [0.2, 0.25) is 0 Å². The highest BCUT2D eigenvalue weighted by atomic mass is 16.6. The number of nitrogens with zero attached hydrogens (tertiary/aromatic N) is 2. The van der Waals surface area contributed by atoms with Crippen LogP contribution in [0, 0.1) is 30.9 Å². The van der Waals surface area contributed by atoms with Crippen molar-refractivity contribution in [2.45, 2.75) is 20.8 Å². The first-order valence-electron chi connectivity index (χ1n) is 7.96. The number of nitro groups is 1. The number of anilines is 1. The second-order valence-electron chi connectivity index (χ2n) is 6.05. The van der Waals surface area contributed by atoms with Crippen LogP contribution in [0.1, 0.15) is 27.2 Å². The van der Waals surface area contributed by atoms with Crippen molar-refractivity contribution < 1.29 is 14.2 Å². The van der Waals surface area contributed by atoms with Gasteiger partial charge in [0, 0.05) is 17.7 Å². The van der Waals surface area contributed by atoms with Crippen LogP contribution < -0.4 is 5.32 Å².